The molecule has 0 aliphatic carbocycles. The molecule has 0 saturated carbocycles. The number of hydrogen-bond donors (Lipinski definition) is 1. The largest absolute Gasteiger partial charge is 0.308 e. The lowest BCUT2D eigenvalue weighted by molar-refractivity contribution is 0.604. The van der Waals surface area contributed by atoms with E-state index in [1.807, 2.05) is 29.3 Å². The highest BCUT2D eigenvalue weighted by molar-refractivity contribution is 7.12. The topological polar surface area (TPSA) is 29.9 Å². The molecule has 104 valence electrons. The van der Waals surface area contributed by atoms with Gasteiger partial charge in [-0.2, -0.15) is 5.10 Å². The summed E-state index contributed by atoms with van der Waals surface area (Å²) in [5.41, 5.74) is 2.76. The van der Waals surface area contributed by atoms with E-state index in [1.54, 1.807) is 0 Å². The van der Waals surface area contributed by atoms with E-state index in [2.05, 4.69) is 50.2 Å². The molecule has 1 N–H and O–H groups in total. The van der Waals surface area contributed by atoms with Gasteiger partial charge < -0.3 is 5.32 Å². The normalized spacial score (nSPS) is 12.1. The molecular formula is C15H23N3S. The fourth-order valence-corrected chi connectivity index (χ4v) is 2.95. The highest BCUT2D eigenvalue weighted by Crippen LogP contribution is 2.29. The molecule has 0 unspecified atom stereocenters. The van der Waals surface area contributed by atoms with E-state index in [4.69, 9.17) is 0 Å². The van der Waals surface area contributed by atoms with Gasteiger partial charge >= 0.3 is 0 Å². The number of rotatable bonds is 4. The SMILES string of the molecule is Cc1c(CNCc2ccc(C(C)(C)C)s2)cnn1C. The lowest BCUT2D eigenvalue weighted by Gasteiger charge is -2.15. The van der Waals surface area contributed by atoms with Gasteiger partial charge in [0, 0.05) is 41.1 Å². The first-order chi connectivity index (χ1) is 8.88. The van der Waals surface area contributed by atoms with Crippen LogP contribution >= 0.6 is 11.3 Å². The Hall–Kier alpha value is -1.13. The maximum Gasteiger partial charge on any atom is 0.0537 e. The summed E-state index contributed by atoms with van der Waals surface area (Å²) >= 11 is 1.90. The van der Waals surface area contributed by atoms with Crippen LogP contribution in [0.25, 0.3) is 0 Å². The van der Waals surface area contributed by atoms with Crippen LogP contribution < -0.4 is 5.32 Å². The van der Waals surface area contributed by atoms with Crippen molar-refractivity contribution in [2.24, 2.45) is 7.05 Å². The smallest absolute Gasteiger partial charge is 0.0537 e. The van der Waals surface area contributed by atoms with E-state index in [1.165, 1.54) is 21.0 Å². The predicted molar refractivity (Wildman–Crippen MR) is 81.5 cm³/mol. The standard InChI is InChI=1S/C15H23N3S/c1-11-12(9-17-18(11)5)8-16-10-13-6-7-14(19-13)15(2,3)4/h6-7,9,16H,8,10H2,1-5H3. The van der Waals surface area contributed by atoms with Gasteiger partial charge in [-0.15, -0.1) is 11.3 Å². The highest BCUT2D eigenvalue weighted by atomic mass is 32.1. The minimum atomic E-state index is 0.253. The van der Waals surface area contributed by atoms with Crippen LogP contribution in [0.5, 0.6) is 0 Å². The van der Waals surface area contributed by atoms with Crippen LogP contribution in [0, 0.1) is 6.92 Å². The summed E-state index contributed by atoms with van der Waals surface area (Å²) < 4.78 is 1.92. The van der Waals surface area contributed by atoms with Crippen molar-refractivity contribution in [1.82, 2.24) is 15.1 Å². The molecule has 2 aromatic rings. The second-order valence-electron chi connectivity index (χ2n) is 6.00. The fourth-order valence-electron chi connectivity index (χ4n) is 1.91. The van der Waals surface area contributed by atoms with E-state index in [-0.39, 0.29) is 5.41 Å². The second kappa shape index (κ2) is 5.47. The monoisotopic (exact) mass is 277 g/mol. The minimum Gasteiger partial charge on any atom is -0.308 e. The molecule has 2 heterocycles. The number of hydrogen-bond acceptors (Lipinski definition) is 3. The van der Waals surface area contributed by atoms with Gasteiger partial charge in [-0.25, -0.2) is 0 Å². The summed E-state index contributed by atoms with van der Waals surface area (Å²) in [6.07, 6.45) is 1.94. The molecule has 19 heavy (non-hydrogen) atoms. The molecule has 0 spiro atoms. The summed E-state index contributed by atoms with van der Waals surface area (Å²) in [5, 5.41) is 7.75. The van der Waals surface area contributed by atoms with Crippen LogP contribution in [0.2, 0.25) is 0 Å². The van der Waals surface area contributed by atoms with Crippen LogP contribution in [-0.4, -0.2) is 9.78 Å². The summed E-state index contributed by atoms with van der Waals surface area (Å²) in [4.78, 5) is 2.84. The number of aryl methyl sites for hydroxylation is 1. The van der Waals surface area contributed by atoms with Gasteiger partial charge in [0.2, 0.25) is 0 Å². The number of aromatic nitrogens is 2. The van der Waals surface area contributed by atoms with Crippen molar-refractivity contribution in [1.29, 1.82) is 0 Å². The van der Waals surface area contributed by atoms with Gasteiger partial charge in [-0.1, -0.05) is 20.8 Å². The van der Waals surface area contributed by atoms with E-state index < -0.39 is 0 Å². The molecule has 0 fully saturated rings. The van der Waals surface area contributed by atoms with Crippen molar-refractivity contribution < 1.29 is 0 Å². The van der Waals surface area contributed by atoms with E-state index >= 15 is 0 Å². The van der Waals surface area contributed by atoms with Crippen LogP contribution in [0.1, 0.15) is 41.8 Å². The minimum absolute atomic E-state index is 0.253. The third-order valence-electron chi connectivity index (χ3n) is 3.35. The predicted octanol–water partition coefficient (Wildman–Crippen LogP) is 3.38. The van der Waals surface area contributed by atoms with Crippen molar-refractivity contribution >= 4 is 11.3 Å². The maximum atomic E-state index is 4.26. The first-order valence-corrected chi connectivity index (χ1v) is 7.47. The Bertz CT molecular complexity index is 546. The van der Waals surface area contributed by atoms with Gasteiger partial charge in [0.05, 0.1) is 6.20 Å². The van der Waals surface area contributed by atoms with E-state index in [9.17, 15) is 0 Å². The molecule has 0 saturated heterocycles. The average Bonchev–Trinajstić information content (AvgIpc) is 2.90. The first kappa shape index (κ1) is 14.3. The van der Waals surface area contributed by atoms with Crippen LogP contribution in [0.4, 0.5) is 0 Å². The molecule has 0 radical (unpaired) electrons. The van der Waals surface area contributed by atoms with Gasteiger partial charge in [-0.3, -0.25) is 4.68 Å². The van der Waals surface area contributed by atoms with Gasteiger partial charge in [-0.05, 0) is 24.5 Å². The summed E-state index contributed by atoms with van der Waals surface area (Å²) in [6.45, 7) is 10.7. The first-order valence-electron chi connectivity index (χ1n) is 6.65. The molecule has 3 nitrogen and oxygen atoms in total. The highest BCUT2D eigenvalue weighted by Gasteiger charge is 2.15. The maximum absolute atomic E-state index is 4.26. The molecule has 0 bridgehead atoms. The molecule has 0 aromatic carbocycles. The fraction of sp³-hybridized carbons (Fsp3) is 0.533. The molecule has 0 aliphatic heterocycles. The Morgan fingerprint density at radius 2 is 2.00 bits per heavy atom. The molecule has 2 aromatic heterocycles. The summed E-state index contributed by atoms with van der Waals surface area (Å²) in [7, 11) is 1.98. The second-order valence-corrected chi connectivity index (χ2v) is 7.17. The van der Waals surface area contributed by atoms with Gasteiger partial charge in [0.15, 0.2) is 0 Å². The molecule has 0 atom stereocenters. The van der Waals surface area contributed by atoms with Crippen LogP contribution in [0.15, 0.2) is 18.3 Å². The summed E-state index contributed by atoms with van der Waals surface area (Å²) in [6, 6.07) is 4.48. The molecular weight excluding hydrogens is 254 g/mol. The van der Waals surface area contributed by atoms with Crippen molar-refractivity contribution in [2.75, 3.05) is 0 Å². The summed E-state index contributed by atoms with van der Waals surface area (Å²) in [5.74, 6) is 0. The van der Waals surface area contributed by atoms with Crippen LogP contribution in [-0.2, 0) is 25.6 Å². The van der Waals surface area contributed by atoms with Gasteiger partial charge in [0.1, 0.15) is 0 Å². The number of nitrogens with one attached hydrogen (secondary N) is 1. The zero-order valence-corrected chi connectivity index (χ0v) is 13.3. The van der Waals surface area contributed by atoms with E-state index in [0.29, 0.717) is 0 Å². The Labute approximate surface area is 119 Å². The lowest BCUT2D eigenvalue weighted by atomic mass is 9.95. The van der Waals surface area contributed by atoms with Crippen LogP contribution in [0.3, 0.4) is 0 Å². The van der Waals surface area contributed by atoms with Crippen molar-refractivity contribution in [3.8, 4) is 0 Å². The third kappa shape index (κ3) is 3.45. The zero-order chi connectivity index (χ0) is 14.0. The van der Waals surface area contributed by atoms with E-state index in [0.717, 1.165) is 13.1 Å². The van der Waals surface area contributed by atoms with Gasteiger partial charge in [0.25, 0.3) is 0 Å². The number of nitrogens with zero attached hydrogens (tertiary/aromatic N) is 2. The Morgan fingerprint density at radius 1 is 1.26 bits per heavy atom. The Balaban J connectivity index is 1.89. The average molecular weight is 277 g/mol. The molecule has 0 aliphatic rings. The van der Waals surface area contributed by atoms with Crippen molar-refractivity contribution in [3.05, 3.63) is 39.3 Å². The zero-order valence-electron chi connectivity index (χ0n) is 12.4. The Kier molecular flexibility index (Phi) is 4.11. The molecule has 4 heteroatoms. The third-order valence-corrected chi connectivity index (χ3v) is 4.86. The lowest BCUT2D eigenvalue weighted by Crippen LogP contribution is -2.12. The quantitative estimate of drug-likeness (QED) is 0.928. The molecule has 0 amide bonds. The van der Waals surface area contributed by atoms with Crippen molar-refractivity contribution in [2.45, 2.75) is 46.2 Å². The number of thiophene rings is 1. The molecule has 2 rings (SSSR count). The van der Waals surface area contributed by atoms with Crippen molar-refractivity contribution in [3.63, 3.8) is 0 Å². The Morgan fingerprint density at radius 3 is 2.53 bits per heavy atom.